The Kier molecular flexibility index (Phi) is 4.27. The normalized spacial score (nSPS) is 17.3. The topological polar surface area (TPSA) is 41.7 Å². The van der Waals surface area contributed by atoms with Gasteiger partial charge in [-0.15, -0.1) is 0 Å². The van der Waals surface area contributed by atoms with Crippen molar-refractivity contribution in [3.05, 3.63) is 18.2 Å². The summed E-state index contributed by atoms with van der Waals surface area (Å²) in [5, 5.41) is 0. The molecule has 0 aliphatic carbocycles. The number of piperazine rings is 1. The number of nitrogens with zero attached hydrogens (tertiary/aromatic N) is 2. The van der Waals surface area contributed by atoms with Gasteiger partial charge in [0.15, 0.2) is 0 Å². The Morgan fingerprint density at radius 2 is 1.85 bits per heavy atom. The minimum atomic E-state index is -4.14. The summed E-state index contributed by atoms with van der Waals surface area (Å²) in [6.45, 7) is 0.932. The molecule has 1 fully saturated rings. The molecule has 7 heteroatoms. The van der Waals surface area contributed by atoms with Gasteiger partial charge < -0.3 is 15.4 Å². The molecule has 112 valence electrons. The molecule has 1 aromatic rings. The number of hydrogen-bond acceptors (Lipinski definition) is 4. The molecular weight excluding hydrogens is 271 g/mol. The fourth-order valence-corrected chi connectivity index (χ4v) is 2.32. The van der Waals surface area contributed by atoms with Gasteiger partial charge in [-0.3, -0.25) is 4.90 Å². The molecule has 1 heterocycles. The van der Waals surface area contributed by atoms with Crippen LogP contribution in [-0.2, 0) is 0 Å². The average molecular weight is 289 g/mol. The van der Waals surface area contributed by atoms with E-state index in [0.29, 0.717) is 37.6 Å². The van der Waals surface area contributed by atoms with E-state index in [2.05, 4.69) is 0 Å². The number of alkyl halides is 3. The summed E-state index contributed by atoms with van der Waals surface area (Å²) < 4.78 is 42.1. The lowest BCUT2D eigenvalue weighted by molar-refractivity contribution is -0.146. The van der Waals surface area contributed by atoms with E-state index in [1.807, 2.05) is 11.0 Å². The van der Waals surface area contributed by atoms with Crippen LogP contribution in [0.5, 0.6) is 5.75 Å². The second kappa shape index (κ2) is 5.78. The van der Waals surface area contributed by atoms with Crippen molar-refractivity contribution in [2.24, 2.45) is 0 Å². The minimum absolute atomic E-state index is 0.371. The Morgan fingerprint density at radius 3 is 2.40 bits per heavy atom. The van der Waals surface area contributed by atoms with Gasteiger partial charge in [-0.2, -0.15) is 13.2 Å². The smallest absolute Gasteiger partial charge is 0.401 e. The summed E-state index contributed by atoms with van der Waals surface area (Å²) in [5.74, 6) is 0.687. The summed E-state index contributed by atoms with van der Waals surface area (Å²) >= 11 is 0. The monoisotopic (exact) mass is 289 g/mol. The fraction of sp³-hybridized carbons (Fsp3) is 0.538. The second-order valence-corrected chi connectivity index (χ2v) is 4.80. The maximum atomic E-state index is 12.3. The Labute approximate surface area is 115 Å². The van der Waals surface area contributed by atoms with Crippen LogP contribution in [0.2, 0.25) is 0 Å². The summed E-state index contributed by atoms with van der Waals surface area (Å²) in [4.78, 5) is 3.40. The number of benzene rings is 1. The van der Waals surface area contributed by atoms with Gasteiger partial charge in [0.2, 0.25) is 0 Å². The molecular formula is C13H18F3N3O. The van der Waals surface area contributed by atoms with Gasteiger partial charge >= 0.3 is 6.18 Å². The first-order chi connectivity index (χ1) is 9.39. The van der Waals surface area contributed by atoms with Crippen LogP contribution in [-0.4, -0.2) is 50.9 Å². The number of halogens is 3. The third-order valence-electron chi connectivity index (χ3n) is 3.35. The van der Waals surface area contributed by atoms with Crippen molar-refractivity contribution in [3.8, 4) is 5.75 Å². The van der Waals surface area contributed by atoms with Crippen molar-refractivity contribution >= 4 is 11.4 Å². The molecule has 0 amide bonds. The van der Waals surface area contributed by atoms with Crippen LogP contribution in [0.4, 0.5) is 24.5 Å². The van der Waals surface area contributed by atoms with Crippen molar-refractivity contribution in [1.82, 2.24) is 4.90 Å². The summed E-state index contributed by atoms with van der Waals surface area (Å²) in [7, 11) is 1.57. The fourth-order valence-electron chi connectivity index (χ4n) is 2.32. The third-order valence-corrected chi connectivity index (χ3v) is 3.35. The van der Waals surface area contributed by atoms with E-state index in [-0.39, 0.29) is 0 Å². The van der Waals surface area contributed by atoms with Gasteiger partial charge in [0.05, 0.1) is 25.0 Å². The first-order valence-corrected chi connectivity index (χ1v) is 6.36. The molecule has 1 aromatic carbocycles. The van der Waals surface area contributed by atoms with E-state index < -0.39 is 12.7 Å². The summed E-state index contributed by atoms with van der Waals surface area (Å²) in [5.41, 5.74) is 7.34. The molecule has 20 heavy (non-hydrogen) atoms. The van der Waals surface area contributed by atoms with E-state index in [9.17, 15) is 13.2 Å². The molecule has 0 atom stereocenters. The van der Waals surface area contributed by atoms with Crippen molar-refractivity contribution in [3.63, 3.8) is 0 Å². The van der Waals surface area contributed by atoms with Gasteiger partial charge in [0, 0.05) is 32.2 Å². The van der Waals surface area contributed by atoms with E-state index in [0.717, 1.165) is 5.69 Å². The van der Waals surface area contributed by atoms with Gasteiger partial charge in [-0.25, -0.2) is 0 Å². The Balaban J connectivity index is 2.00. The average Bonchev–Trinajstić information content (AvgIpc) is 2.39. The van der Waals surface area contributed by atoms with Crippen molar-refractivity contribution < 1.29 is 17.9 Å². The number of hydrogen-bond donors (Lipinski definition) is 1. The van der Waals surface area contributed by atoms with Crippen LogP contribution in [0, 0.1) is 0 Å². The highest BCUT2D eigenvalue weighted by Gasteiger charge is 2.32. The van der Waals surface area contributed by atoms with Crippen molar-refractivity contribution in [2.75, 3.05) is 50.5 Å². The van der Waals surface area contributed by atoms with Gasteiger partial charge in [-0.05, 0) is 12.1 Å². The molecule has 0 saturated carbocycles. The molecule has 2 N–H and O–H groups in total. The Hall–Kier alpha value is -1.63. The quantitative estimate of drug-likeness (QED) is 0.864. The molecule has 0 radical (unpaired) electrons. The highest BCUT2D eigenvalue weighted by Crippen LogP contribution is 2.29. The number of rotatable bonds is 3. The maximum absolute atomic E-state index is 12.3. The minimum Gasteiger partial charge on any atom is -0.497 e. The molecule has 4 nitrogen and oxygen atoms in total. The van der Waals surface area contributed by atoms with Crippen molar-refractivity contribution in [1.29, 1.82) is 0 Å². The van der Waals surface area contributed by atoms with Crippen LogP contribution in [0.1, 0.15) is 0 Å². The molecule has 1 aliphatic heterocycles. The third kappa shape index (κ3) is 3.69. The van der Waals surface area contributed by atoms with Gasteiger partial charge in [0.25, 0.3) is 0 Å². The zero-order valence-electron chi connectivity index (χ0n) is 11.3. The molecule has 1 saturated heterocycles. The second-order valence-electron chi connectivity index (χ2n) is 4.80. The zero-order chi connectivity index (χ0) is 14.8. The maximum Gasteiger partial charge on any atom is 0.401 e. The molecule has 0 aromatic heterocycles. The number of nitrogens with two attached hydrogens (primary N) is 1. The van der Waals surface area contributed by atoms with Gasteiger partial charge in [-0.1, -0.05) is 0 Å². The predicted octanol–water partition coefficient (Wildman–Crippen LogP) is 1.96. The van der Waals surface area contributed by atoms with E-state index >= 15 is 0 Å². The lowest BCUT2D eigenvalue weighted by Gasteiger charge is -2.36. The van der Waals surface area contributed by atoms with Crippen molar-refractivity contribution in [2.45, 2.75) is 6.18 Å². The van der Waals surface area contributed by atoms with Crippen LogP contribution in [0.15, 0.2) is 18.2 Å². The number of nitrogen functional groups attached to an aromatic ring is 1. The molecule has 0 unspecified atom stereocenters. The Morgan fingerprint density at radius 1 is 1.20 bits per heavy atom. The summed E-state index contributed by atoms with van der Waals surface area (Å²) in [6, 6.07) is 5.32. The molecule has 0 bridgehead atoms. The lowest BCUT2D eigenvalue weighted by Crippen LogP contribution is -2.49. The lowest BCUT2D eigenvalue weighted by atomic mass is 10.2. The molecule has 2 rings (SSSR count). The number of methoxy groups -OCH3 is 1. The van der Waals surface area contributed by atoms with Crippen LogP contribution < -0.4 is 15.4 Å². The molecule has 1 aliphatic rings. The van der Waals surface area contributed by atoms with Gasteiger partial charge in [0.1, 0.15) is 5.75 Å². The largest absolute Gasteiger partial charge is 0.497 e. The standard InChI is InChI=1S/C13H18F3N3O/c1-20-10-2-3-11(17)12(8-10)19-6-4-18(5-7-19)9-13(14,15)16/h2-3,8H,4-7,9,17H2,1H3. The van der Waals surface area contributed by atoms with Crippen LogP contribution in [0.3, 0.4) is 0 Å². The first kappa shape index (κ1) is 14.8. The van der Waals surface area contributed by atoms with E-state index in [1.165, 1.54) is 4.90 Å². The van der Waals surface area contributed by atoms with E-state index in [1.54, 1.807) is 19.2 Å². The SMILES string of the molecule is COc1ccc(N)c(N2CCN(CC(F)(F)F)CC2)c1. The highest BCUT2D eigenvalue weighted by atomic mass is 19.4. The Bertz CT molecular complexity index is 457. The number of ether oxygens (including phenoxy) is 1. The van der Waals surface area contributed by atoms with E-state index in [4.69, 9.17) is 10.5 Å². The predicted molar refractivity (Wildman–Crippen MR) is 72.1 cm³/mol. The summed E-state index contributed by atoms with van der Waals surface area (Å²) in [6.07, 6.45) is -4.14. The highest BCUT2D eigenvalue weighted by molar-refractivity contribution is 5.69. The number of anilines is 2. The van der Waals surface area contributed by atoms with Crippen LogP contribution in [0.25, 0.3) is 0 Å². The molecule has 0 spiro atoms. The van der Waals surface area contributed by atoms with Crippen LogP contribution >= 0.6 is 0 Å². The first-order valence-electron chi connectivity index (χ1n) is 6.36. The zero-order valence-corrected chi connectivity index (χ0v) is 11.3.